The highest BCUT2D eigenvalue weighted by Gasteiger charge is 2.37. The monoisotopic (exact) mass is 286 g/mol. The van der Waals surface area contributed by atoms with E-state index in [2.05, 4.69) is 10.3 Å². The molecule has 1 aromatic heterocycles. The Bertz CT molecular complexity index is 684. The number of benzene rings is 1. The zero-order valence-corrected chi connectivity index (χ0v) is 11.7. The van der Waals surface area contributed by atoms with Crippen LogP contribution in [0.4, 0.5) is 0 Å². The number of aromatic nitrogens is 1. The van der Waals surface area contributed by atoms with E-state index in [9.17, 15) is 9.59 Å². The van der Waals surface area contributed by atoms with Crippen LogP contribution in [-0.4, -0.2) is 27.5 Å². The molecule has 1 aliphatic rings. The van der Waals surface area contributed by atoms with E-state index in [0.717, 1.165) is 36.6 Å². The van der Waals surface area contributed by atoms with Crippen molar-refractivity contribution in [2.45, 2.75) is 37.6 Å². The summed E-state index contributed by atoms with van der Waals surface area (Å²) in [6, 6.07) is 7.36. The van der Waals surface area contributed by atoms with Gasteiger partial charge in [0.05, 0.1) is 12.0 Å². The zero-order valence-electron chi connectivity index (χ0n) is 11.7. The number of amides is 1. The molecule has 3 rings (SSSR count). The van der Waals surface area contributed by atoms with Gasteiger partial charge >= 0.3 is 5.97 Å². The van der Waals surface area contributed by atoms with Crippen molar-refractivity contribution in [3.63, 3.8) is 0 Å². The lowest BCUT2D eigenvalue weighted by atomic mass is 9.92. The number of carboxylic acids is 1. The Kier molecular flexibility index (Phi) is 3.41. The van der Waals surface area contributed by atoms with E-state index >= 15 is 0 Å². The molecule has 0 saturated heterocycles. The van der Waals surface area contributed by atoms with Crippen molar-refractivity contribution in [2.75, 3.05) is 0 Å². The second-order valence-electron chi connectivity index (χ2n) is 5.79. The Morgan fingerprint density at radius 2 is 2.00 bits per heavy atom. The first-order chi connectivity index (χ1) is 10.1. The largest absolute Gasteiger partial charge is 0.481 e. The van der Waals surface area contributed by atoms with Crippen molar-refractivity contribution in [1.29, 1.82) is 0 Å². The number of carboxylic acid groups (broad SMARTS) is 1. The van der Waals surface area contributed by atoms with Crippen LogP contribution in [0.2, 0.25) is 0 Å². The van der Waals surface area contributed by atoms with E-state index in [-0.39, 0.29) is 12.3 Å². The number of carbonyl (C=O) groups is 2. The molecule has 0 aliphatic heterocycles. The van der Waals surface area contributed by atoms with Gasteiger partial charge < -0.3 is 15.4 Å². The first-order valence-corrected chi connectivity index (χ1v) is 7.19. The number of fused-ring (bicyclic) bond motifs is 1. The molecule has 1 saturated carbocycles. The number of aromatic amines is 1. The van der Waals surface area contributed by atoms with Gasteiger partial charge in [-0.25, -0.2) is 0 Å². The topological polar surface area (TPSA) is 82.2 Å². The highest BCUT2D eigenvalue weighted by Crippen LogP contribution is 2.33. The number of hydrogen-bond acceptors (Lipinski definition) is 2. The number of carbonyl (C=O) groups excluding carboxylic acids is 1. The van der Waals surface area contributed by atoms with Gasteiger partial charge in [0.25, 0.3) is 5.91 Å². The summed E-state index contributed by atoms with van der Waals surface area (Å²) >= 11 is 0. The molecule has 1 amide bonds. The lowest BCUT2D eigenvalue weighted by Gasteiger charge is -2.28. The smallest absolute Gasteiger partial charge is 0.305 e. The molecule has 0 spiro atoms. The molecule has 3 N–H and O–H groups in total. The molecule has 1 aliphatic carbocycles. The van der Waals surface area contributed by atoms with Gasteiger partial charge in [0.2, 0.25) is 0 Å². The Hall–Kier alpha value is -2.30. The molecular formula is C16H18N2O3. The molecule has 21 heavy (non-hydrogen) atoms. The van der Waals surface area contributed by atoms with E-state index in [0.29, 0.717) is 5.56 Å². The minimum atomic E-state index is -0.863. The zero-order chi connectivity index (χ0) is 14.9. The van der Waals surface area contributed by atoms with Gasteiger partial charge in [0, 0.05) is 22.7 Å². The second kappa shape index (κ2) is 5.24. The van der Waals surface area contributed by atoms with Crippen LogP contribution in [0.15, 0.2) is 30.5 Å². The number of H-pyrrole nitrogens is 1. The number of aliphatic carboxylic acids is 1. The standard InChI is InChI=1S/C16H18N2O3/c19-14(20)10-16(6-1-2-7-16)18-15(21)12-3-4-13-11(9-12)5-8-17-13/h3-5,8-9,17H,1-2,6-7,10H2,(H,18,21)(H,19,20). The third kappa shape index (κ3) is 2.77. The second-order valence-corrected chi connectivity index (χ2v) is 5.79. The molecule has 1 heterocycles. The highest BCUT2D eigenvalue weighted by molar-refractivity contribution is 5.98. The van der Waals surface area contributed by atoms with Crippen molar-refractivity contribution in [3.8, 4) is 0 Å². The predicted molar refractivity (Wildman–Crippen MR) is 79.2 cm³/mol. The number of hydrogen-bond donors (Lipinski definition) is 3. The molecule has 5 heteroatoms. The lowest BCUT2D eigenvalue weighted by molar-refractivity contribution is -0.138. The minimum absolute atomic E-state index is 0.00879. The van der Waals surface area contributed by atoms with Gasteiger partial charge in [-0.05, 0) is 37.1 Å². The van der Waals surface area contributed by atoms with Crippen LogP contribution in [0.3, 0.4) is 0 Å². The molecule has 0 unspecified atom stereocenters. The summed E-state index contributed by atoms with van der Waals surface area (Å²) in [5.74, 6) is -1.06. The van der Waals surface area contributed by atoms with Crippen LogP contribution >= 0.6 is 0 Å². The minimum Gasteiger partial charge on any atom is -0.481 e. The fourth-order valence-corrected chi connectivity index (χ4v) is 3.19. The van der Waals surface area contributed by atoms with Crippen LogP contribution in [0.25, 0.3) is 10.9 Å². The van der Waals surface area contributed by atoms with E-state index in [1.165, 1.54) is 0 Å². The van der Waals surface area contributed by atoms with Gasteiger partial charge in [-0.15, -0.1) is 0 Å². The van der Waals surface area contributed by atoms with Crippen molar-refractivity contribution < 1.29 is 14.7 Å². The fourth-order valence-electron chi connectivity index (χ4n) is 3.19. The van der Waals surface area contributed by atoms with Crippen molar-refractivity contribution >= 4 is 22.8 Å². The average molecular weight is 286 g/mol. The molecule has 1 fully saturated rings. The maximum atomic E-state index is 12.4. The lowest BCUT2D eigenvalue weighted by Crippen LogP contribution is -2.47. The van der Waals surface area contributed by atoms with Crippen LogP contribution in [-0.2, 0) is 4.79 Å². The molecule has 0 bridgehead atoms. The Morgan fingerprint density at radius 1 is 1.24 bits per heavy atom. The van der Waals surface area contributed by atoms with E-state index in [1.807, 2.05) is 24.4 Å². The summed E-state index contributed by atoms with van der Waals surface area (Å²) in [4.78, 5) is 26.6. The van der Waals surface area contributed by atoms with Gasteiger partial charge in [0.1, 0.15) is 0 Å². The summed E-state index contributed by atoms with van der Waals surface area (Å²) in [7, 11) is 0. The molecule has 1 aromatic carbocycles. The average Bonchev–Trinajstić information content (AvgIpc) is 3.06. The molecule has 0 atom stereocenters. The molecule has 5 nitrogen and oxygen atoms in total. The Balaban J connectivity index is 1.81. The van der Waals surface area contributed by atoms with Gasteiger partial charge in [-0.2, -0.15) is 0 Å². The fraction of sp³-hybridized carbons (Fsp3) is 0.375. The highest BCUT2D eigenvalue weighted by atomic mass is 16.4. The summed E-state index contributed by atoms with van der Waals surface area (Å²) in [6.45, 7) is 0. The summed E-state index contributed by atoms with van der Waals surface area (Å²) < 4.78 is 0. The normalized spacial score (nSPS) is 17.0. The molecule has 110 valence electrons. The van der Waals surface area contributed by atoms with Crippen LogP contribution in [0.5, 0.6) is 0 Å². The predicted octanol–water partition coefficient (Wildman–Crippen LogP) is 2.69. The Labute approximate surface area is 122 Å². The van der Waals surface area contributed by atoms with E-state index < -0.39 is 11.5 Å². The van der Waals surface area contributed by atoms with Crippen molar-refractivity contribution in [1.82, 2.24) is 10.3 Å². The van der Waals surface area contributed by atoms with E-state index in [4.69, 9.17) is 5.11 Å². The maximum absolute atomic E-state index is 12.4. The van der Waals surface area contributed by atoms with Crippen molar-refractivity contribution in [2.24, 2.45) is 0 Å². The first-order valence-electron chi connectivity index (χ1n) is 7.19. The number of rotatable bonds is 4. The third-order valence-electron chi connectivity index (χ3n) is 4.24. The van der Waals surface area contributed by atoms with Crippen LogP contribution in [0, 0.1) is 0 Å². The SMILES string of the molecule is O=C(O)CC1(NC(=O)c2ccc3[nH]ccc3c2)CCCC1. The molecule has 2 aromatic rings. The quantitative estimate of drug-likeness (QED) is 0.808. The van der Waals surface area contributed by atoms with E-state index in [1.54, 1.807) is 6.07 Å². The van der Waals surface area contributed by atoms with Gasteiger partial charge in [-0.3, -0.25) is 9.59 Å². The third-order valence-corrected chi connectivity index (χ3v) is 4.24. The van der Waals surface area contributed by atoms with Crippen molar-refractivity contribution in [3.05, 3.63) is 36.0 Å². The summed E-state index contributed by atoms with van der Waals surface area (Å²) in [5, 5.41) is 13.0. The molecule has 0 radical (unpaired) electrons. The van der Waals surface area contributed by atoms with Crippen LogP contribution < -0.4 is 5.32 Å². The number of nitrogens with one attached hydrogen (secondary N) is 2. The summed E-state index contributed by atoms with van der Waals surface area (Å²) in [5.41, 5.74) is 0.960. The van der Waals surface area contributed by atoms with Crippen LogP contribution in [0.1, 0.15) is 42.5 Å². The molecular weight excluding hydrogens is 268 g/mol. The van der Waals surface area contributed by atoms with Gasteiger partial charge in [0.15, 0.2) is 0 Å². The van der Waals surface area contributed by atoms with Gasteiger partial charge in [-0.1, -0.05) is 12.8 Å². The summed E-state index contributed by atoms with van der Waals surface area (Å²) in [6.07, 6.45) is 5.21. The maximum Gasteiger partial charge on any atom is 0.305 e. The first kappa shape index (κ1) is 13.7. The Morgan fingerprint density at radius 3 is 2.71 bits per heavy atom.